The summed E-state index contributed by atoms with van der Waals surface area (Å²) < 4.78 is 17.7. The minimum atomic E-state index is -0.710. The molecule has 0 spiro atoms. The fourth-order valence-corrected chi connectivity index (χ4v) is 1.02. The van der Waals surface area contributed by atoms with Crippen molar-refractivity contribution in [2.75, 3.05) is 6.61 Å². The van der Waals surface area contributed by atoms with Crippen molar-refractivity contribution in [3.8, 4) is 6.07 Å². The van der Waals surface area contributed by atoms with Crippen LogP contribution in [0.1, 0.15) is 22.8 Å². The van der Waals surface area contributed by atoms with Crippen LogP contribution in [0.3, 0.4) is 0 Å². The highest BCUT2D eigenvalue weighted by Gasteiger charge is 2.15. The van der Waals surface area contributed by atoms with Crippen molar-refractivity contribution in [3.63, 3.8) is 0 Å². The molecule has 0 aliphatic carbocycles. The third kappa shape index (κ3) is 1.88. The molecule has 72 valence electrons. The van der Waals surface area contributed by atoms with E-state index in [-0.39, 0.29) is 17.7 Å². The maximum atomic E-state index is 13.0. The Morgan fingerprint density at radius 3 is 2.93 bits per heavy atom. The van der Waals surface area contributed by atoms with E-state index >= 15 is 0 Å². The summed E-state index contributed by atoms with van der Waals surface area (Å²) in [6.45, 7) is 1.84. The van der Waals surface area contributed by atoms with E-state index in [0.717, 1.165) is 6.07 Å². The number of halogens is 1. The van der Waals surface area contributed by atoms with E-state index in [2.05, 4.69) is 4.74 Å². The fraction of sp³-hybridized carbons (Fsp3) is 0.200. The van der Waals surface area contributed by atoms with Crippen LogP contribution in [0.15, 0.2) is 18.2 Å². The number of carbonyl (C=O) groups excluding carboxylic acids is 1. The van der Waals surface area contributed by atoms with Gasteiger partial charge in [0.25, 0.3) is 0 Å². The molecule has 0 saturated heterocycles. The molecule has 4 heteroatoms. The summed E-state index contributed by atoms with van der Waals surface area (Å²) in [6, 6.07) is 5.48. The number of nitriles is 1. The lowest BCUT2D eigenvalue weighted by atomic mass is 10.1. The van der Waals surface area contributed by atoms with Gasteiger partial charge in [-0.2, -0.15) is 5.26 Å². The Morgan fingerprint density at radius 2 is 2.36 bits per heavy atom. The first-order chi connectivity index (χ1) is 6.70. The zero-order chi connectivity index (χ0) is 10.6. The van der Waals surface area contributed by atoms with E-state index in [0.29, 0.717) is 0 Å². The van der Waals surface area contributed by atoms with Gasteiger partial charge in [0.1, 0.15) is 17.4 Å². The Bertz CT molecular complexity index is 396. The third-order valence-electron chi connectivity index (χ3n) is 1.62. The van der Waals surface area contributed by atoms with Crippen molar-refractivity contribution in [3.05, 3.63) is 35.1 Å². The summed E-state index contributed by atoms with van der Waals surface area (Å²) in [5, 5.41) is 8.62. The van der Waals surface area contributed by atoms with Gasteiger partial charge in [-0.15, -0.1) is 0 Å². The average Bonchev–Trinajstić information content (AvgIpc) is 2.17. The van der Waals surface area contributed by atoms with Crippen molar-refractivity contribution in [1.29, 1.82) is 5.26 Å². The third-order valence-corrected chi connectivity index (χ3v) is 1.62. The molecule has 14 heavy (non-hydrogen) atoms. The summed E-state index contributed by atoms with van der Waals surface area (Å²) in [7, 11) is 0. The van der Waals surface area contributed by atoms with Crippen LogP contribution in [0.5, 0.6) is 0 Å². The van der Waals surface area contributed by atoms with E-state index in [1.165, 1.54) is 12.1 Å². The second-order valence-corrected chi connectivity index (χ2v) is 2.49. The summed E-state index contributed by atoms with van der Waals surface area (Å²) in [4.78, 5) is 11.2. The average molecular weight is 193 g/mol. The van der Waals surface area contributed by atoms with Crippen molar-refractivity contribution in [1.82, 2.24) is 0 Å². The second kappa shape index (κ2) is 4.38. The van der Waals surface area contributed by atoms with Crippen molar-refractivity contribution >= 4 is 5.97 Å². The number of nitrogens with zero attached hydrogens (tertiary/aromatic N) is 1. The molecular formula is C10H8FNO2. The molecule has 3 nitrogen and oxygen atoms in total. The molecule has 1 rings (SSSR count). The predicted molar refractivity (Wildman–Crippen MR) is 47.1 cm³/mol. The standard InChI is InChI=1S/C10H8FNO2/c1-2-14-10(13)7-4-3-5-9(11)8(7)6-12/h3-5H,2H2,1H3. The minimum absolute atomic E-state index is 0.0330. The van der Waals surface area contributed by atoms with Crippen molar-refractivity contribution < 1.29 is 13.9 Å². The highest BCUT2D eigenvalue weighted by Crippen LogP contribution is 2.13. The number of rotatable bonds is 2. The Hall–Kier alpha value is -1.89. The second-order valence-electron chi connectivity index (χ2n) is 2.49. The topological polar surface area (TPSA) is 50.1 Å². The molecule has 1 aromatic carbocycles. The number of ether oxygens (including phenoxy) is 1. The van der Waals surface area contributed by atoms with Gasteiger partial charge in [-0.05, 0) is 19.1 Å². The highest BCUT2D eigenvalue weighted by molar-refractivity contribution is 5.92. The molecule has 0 N–H and O–H groups in total. The van der Waals surface area contributed by atoms with Crippen LogP contribution in [0.4, 0.5) is 4.39 Å². The molecule has 0 radical (unpaired) electrons. The van der Waals surface area contributed by atoms with Gasteiger partial charge in [-0.25, -0.2) is 9.18 Å². The Morgan fingerprint density at radius 1 is 1.64 bits per heavy atom. The molecule has 0 amide bonds. The molecule has 0 saturated carbocycles. The Labute approximate surface area is 80.7 Å². The SMILES string of the molecule is CCOC(=O)c1cccc(F)c1C#N. The zero-order valence-corrected chi connectivity index (χ0v) is 7.58. The molecule has 0 aromatic heterocycles. The van der Waals surface area contributed by atoms with Gasteiger partial charge in [0.05, 0.1) is 12.2 Å². The smallest absolute Gasteiger partial charge is 0.339 e. The van der Waals surface area contributed by atoms with Gasteiger partial charge in [0.15, 0.2) is 0 Å². The van der Waals surface area contributed by atoms with Gasteiger partial charge in [-0.1, -0.05) is 6.07 Å². The molecule has 0 fully saturated rings. The van der Waals surface area contributed by atoms with E-state index in [4.69, 9.17) is 5.26 Å². The molecule has 1 aromatic rings. The summed E-state index contributed by atoms with van der Waals surface area (Å²) in [5.74, 6) is -1.39. The predicted octanol–water partition coefficient (Wildman–Crippen LogP) is 1.87. The first kappa shape index (κ1) is 10.2. The molecular weight excluding hydrogens is 185 g/mol. The summed E-state index contributed by atoms with van der Waals surface area (Å²) in [5.41, 5.74) is -0.305. The lowest BCUT2D eigenvalue weighted by Crippen LogP contribution is -2.07. The van der Waals surface area contributed by atoms with E-state index in [9.17, 15) is 9.18 Å². The monoisotopic (exact) mass is 193 g/mol. The van der Waals surface area contributed by atoms with Gasteiger partial charge in [-0.3, -0.25) is 0 Å². The maximum Gasteiger partial charge on any atom is 0.339 e. The Balaban J connectivity index is 3.15. The maximum absolute atomic E-state index is 13.0. The lowest BCUT2D eigenvalue weighted by Gasteiger charge is -2.03. The van der Waals surface area contributed by atoms with Crippen LogP contribution in [0.2, 0.25) is 0 Å². The highest BCUT2D eigenvalue weighted by atomic mass is 19.1. The van der Waals surface area contributed by atoms with E-state index in [1.54, 1.807) is 13.0 Å². The quantitative estimate of drug-likeness (QED) is 0.673. The van der Waals surface area contributed by atoms with Crippen LogP contribution in [-0.4, -0.2) is 12.6 Å². The van der Waals surface area contributed by atoms with Gasteiger partial charge in [0, 0.05) is 0 Å². The number of benzene rings is 1. The first-order valence-corrected chi connectivity index (χ1v) is 4.06. The number of esters is 1. The summed E-state index contributed by atoms with van der Waals surface area (Å²) >= 11 is 0. The van der Waals surface area contributed by atoms with Gasteiger partial charge < -0.3 is 4.74 Å². The molecule has 0 aliphatic heterocycles. The number of hydrogen-bond acceptors (Lipinski definition) is 3. The van der Waals surface area contributed by atoms with Crippen LogP contribution in [-0.2, 0) is 4.74 Å². The van der Waals surface area contributed by atoms with Crippen molar-refractivity contribution in [2.24, 2.45) is 0 Å². The number of hydrogen-bond donors (Lipinski definition) is 0. The van der Waals surface area contributed by atoms with E-state index in [1.807, 2.05) is 0 Å². The zero-order valence-electron chi connectivity index (χ0n) is 7.58. The Kier molecular flexibility index (Phi) is 3.19. The largest absolute Gasteiger partial charge is 0.462 e. The summed E-state index contributed by atoms with van der Waals surface area (Å²) in [6.07, 6.45) is 0. The van der Waals surface area contributed by atoms with E-state index < -0.39 is 11.8 Å². The minimum Gasteiger partial charge on any atom is -0.462 e. The van der Waals surface area contributed by atoms with Gasteiger partial charge in [0.2, 0.25) is 0 Å². The molecule has 0 heterocycles. The molecule has 0 aliphatic rings. The molecule has 0 bridgehead atoms. The van der Waals surface area contributed by atoms with Crippen molar-refractivity contribution in [2.45, 2.75) is 6.92 Å². The molecule has 0 unspecified atom stereocenters. The molecule has 0 atom stereocenters. The fourth-order valence-electron chi connectivity index (χ4n) is 1.02. The number of carbonyl (C=O) groups is 1. The lowest BCUT2D eigenvalue weighted by molar-refractivity contribution is 0.0525. The first-order valence-electron chi connectivity index (χ1n) is 4.06. The van der Waals surface area contributed by atoms with Gasteiger partial charge >= 0.3 is 5.97 Å². The van der Waals surface area contributed by atoms with Crippen LogP contribution in [0.25, 0.3) is 0 Å². The normalized spacial score (nSPS) is 9.21. The van der Waals surface area contributed by atoms with Crippen LogP contribution >= 0.6 is 0 Å². The van der Waals surface area contributed by atoms with Crippen LogP contribution in [0, 0.1) is 17.1 Å². The van der Waals surface area contributed by atoms with Crippen LogP contribution < -0.4 is 0 Å².